The standard InChI is InChI=1S/C16H21NO4S/c1-4-21-16-10-12(7-8-15(16)20-2)13(11-22(3,18)19)14-6-5-9-17-14/h6-10,13H,4-5,11H2,1-3H3. The summed E-state index contributed by atoms with van der Waals surface area (Å²) in [5.74, 6) is 0.976. The molecule has 0 spiro atoms. The van der Waals surface area contributed by atoms with E-state index in [0.717, 1.165) is 17.7 Å². The Morgan fingerprint density at radius 3 is 2.64 bits per heavy atom. The second kappa shape index (κ2) is 6.96. The smallest absolute Gasteiger partial charge is 0.161 e. The Morgan fingerprint density at radius 1 is 1.32 bits per heavy atom. The normalized spacial score (nSPS) is 15.5. The van der Waals surface area contributed by atoms with Crippen molar-refractivity contribution in [1.82, 2.24) is 0 Å². The SMILES string of the molecule is CCOc1cc(C(CS(C)(=O)=O)C2=CCC=N2)ccc1OC. The molecular weight excluding hydrogens is 302 g/mol. The molecule has 0 saturated carbocycles. The van der Waals surface area contributed by atoms with Crippen molar-refractivity contribution in [3.63, 3.8) is 0 Å². The number of ether oxygens (including phenoxy) is 2. The highest BCUT2D eigenvalue weighted by molar-refractivity contribution is 7.90. The van der Waals surface area contributed by atoms with Crippen molar-refractivity contribution >= 4 is 16.1 Å². The lowest BCUT2D eigenvalue weighted by atomic mass is 9.97. The molecule has 1 aromatic rings. The fourth-order valence-electron chi connectivity index (χ4n) is 2.45. The Hall–Kier alpha value is -1.82. The molecule has 0 aromatic heterocycles. The van der Waals surface area contributed by atoms with Crippen molar-refractivity contribution in [2.75, 3.05) is 25.7 Å². The first-order valence-electron chi connectivity index (χ1n) is 7.15. The van der Waals surface area contributed by atoms with Gasteiger partial charge in [0.1, 0.15) is 9.84 Å². The largest absolute Gasteiger partial charge is 0.493 e. The van der Waals surface area contributed by atoms with Crippen LogP contribution in [0.1, 0.15) is 24.8 Å². The van der Waals surface area contributed by atoms with E-state index in [1.54, 1.807) is 19.4 Å². The zero-order valence-corrected chi connectivity index (χ0v) is 13.9. The molecule has 0 bridgehead atoms. The second-order valence-electron chi connectivity index (χ2n) is 5.16. The van der Waals surface area contributed by atoms with Gasteiger partial charge in [-0.25, -0.2) is 8.42 Å². The van der Waals surface area contributed by atoms with Crippen LogP contribution < -0.4 is 9.47 Å². The molecule has 1 heterocycles. The van der Waals surface area contributed by atoms with Gasteiger partial charge in [0.05, 0.1) is 19.5 Å². The lowest BCUT2D eigenvalue weighted by Crippen LogP contribution is -2.15. The third-order valence-electron chi connectivity index (χ3n) is 3.39. The Morgan fingerprint density at radius 2 is 2.09 bits per heavy atom. The fourth-order valence-corrected chi connectivity index (χ4v) is 3.42. The summed E-state index contributed by atoms with van der Waals surface area (Å²) in [7, 11) is -1.56. The summed E-state index contributed by atoms with van der Waals surface area (Å²) in [6, 6.07) is 5.51. The molecule has 1 atom stereocenters. The first-order valence-corrected chi connectivity index (χ1v) is 9.21. The van der Waals surface area contributed by atoms with Crippen LogP contribution in [0.15, 0.2) is 35.0 Å². The van der Waals surface area contributed by atoms with Crippen LogP contribution in [0.2, 0.25) is 0 Å². The van der Waals surface area contributed by atoms with E-state index in [9.17, 15) is 8.42 Å². The van der Waals surface area contributed by atoms with Crippen molar-refractivity contribution in [3.8, 4) is 11.5 Å². The Balaban J connectivity index is 2.42. The number of hydrogen-bond acceptors (Lipinski definition) is 5. The summed E-state index contributed by atoms with van der Waals surface area (Å²) in [5.41, 5.74) is 1.65. The van der Waals surface area contributed by atoms with Gasteiger partial charge in [-0.05, 0) is 24.6 Å². The van der Waals surface area contributed by atoms with E-state index >= 15 is 0 Å². The third-order valence-corrected chi connectivity index (χ3v) is 4.33. The average Bonchev–Trinajstić information content (AvgIpc) is 2.98. The molecule has 5 nitrogen and oxygen atoms in total. The molecule has 2 rings (SSSR count). The maximum atomic E-state index is 11.8. The maximum Gasteiger partial charge on any atom is 0.161 e. The minimum atomic E-state index is -3.14. The van der Waals surface area contributed by atoms with Crippen LogP contribution in [0.5, 0.6) is 11.5 Å². The molecule has 1 unspecified atom stereocenters. The molecule has 0 radical (unpaired) electrons. The number of aliphatic imine (C=N–C) groups is 1. The summed E-state index contributed by atoms with van der Waals surface area (Å²) in [6.45, 7) is 2.40. The van der Waals surface area contributed by atoms with Gasteiger partial charge in [0.15, 0.2) is 11.5 Å². The minimum absolute atomic E-state index is 0.0219. The van der Waals surface area contributed by atoms with Crippen LogP contribution in [0, 0.1) is 0 Å². The van der Waals surface area contributed by atoms with Crippen LogP contribution in [0.25, 0.3) is 0 Å². The molecule has 1 aliphatic rings. The second-order valence-corrected chi connectivity index (χ2v) is 7.35. The van der Waals surface area contributed by atoms with Crippen LogP contribution >= 0.6 is 0 Å². The number of methoxy groups -OCH3 is 1. The quantitative estimate of drug-likeness (QED) is 0.773. The van der Waals surface area contributed by atoms with Crippen molar-refractivity contribution in [2.24, 2.45) is 4.99 Å². The maximum absolute atomic E-state index is 11.8. The minimum Gasteiger partial charge on any atom is -0.493 e. The zero-order valence-electron chi connectivity index (χ0n) is 13.1. The highest BCUT2D eigenvalue weighted by atomic mass is 32.2. The third kappa shape index (κ3) is 4.10. The molecule has 0 fully saturated rings. The molecular formula is C16H21NO4S. The van der Waals surface area contributed by atoms with E-state index in [4.69, 9.17) is 9.47 Å². The molecule has 22 heavy (non-hydrogen) atoms. The lowest BCUT2D eigenvalue weighted by Gasteiger charge is -2.18. The Kier molecular flexibility index (Phi) is 5.24. The highest BCUT2D eigenvalue weighted by Crippen LogP contribution is 2.35. The van der Waals surface area contributed by atoms with Crippen molar-refractivity contribution in [2.45, 2.75) is 19.3 Å². The van der Waals surface area contributed by atoms with Crippen molar-refractivity contribution < 1.29 is 17.9 Å². The van der Waals surface area contributed by atoms with E-state index in [-0.39, 0.29) is 11.7 Å². The molecule has 0 saturated heterocycles. The molecule has 1 aromatic carbocycles. The van der Waals surface area contributed by atoms with Crippen LogP contribution in [0.4, 0.5) is 0 Å². The highest BCUT2D eigenvalue weighted by Gasteiger charge is 2.24. The van der Waals surface area contributed by atoms with Gasteiger partial charge in [-0.2, -0.15) is 0 Å². The van der Waals surface area contributed by atoms with Gasteiger partial charge in [-0.3, -0.25) is 4.99 Å². The Bertz CT molecular complexity index is 692. The molecule has 0 amide bonds. The van der Waals surface area contributed by atoms with Crippen LogP contribution in [-0.4, -0.2) is 40.4 Å². The number of hydrogen-bond donors (Lipinski definition) is 0. The van der Waals surface area contributed by atoms with Crippen molar-refractivity contribution in [1.29, 1.82) is 0 Å². The summed E-state index contributed by atoms with van der Waals surface area (Å²) in [5, 5.41) is 0. The number of benzene rings is 1. The summed E-state index contributed by atoms with van der Waals surface area (Å²) >= 11 is 0. The average molecular weight is 323 g/mol. The molecule has 6 heteroatoms. The van der Waals surface area contributed by atoms with E-state index < -0.39 is 9.84 Å². The van der Waals surface area contributed by atoms with Crippen LogP contribution in [-0.2, 0) is 9.84 Å². The van der Waals surface area contributed by atoms with Gasteiger partial charge in [0.25, 0.3) is 0 Å². The predicted octanol–water partition coefficient (Wildman–Crippen LogP) is 2.58. The number of rotatable bonds is 7. The van der Waals surface area contributed by atoms with Gasteiger partial charge >= 0.3 is 0 Å². The predicted molar refractivity (Wildman–Crippen MR) is 87.8 cm³/mol. The van der Waals surface area contributed by atoms with Gasteiger partial charge in [0.2, 0.25) is 0 Å². The molecule has 120 valence electrons. The van der Waals surface area contributed by atoms with Gasteiger partial charge in [-0.15, -0.1) is 0 Å². The fraction of sp³-hybridized carbons (Fsp3) is 0.438. The Labute approximate surface area is 131 Å². The zero-order chi connectivity index (χ0) is 16.2. The van der Waals surface area contributed by atoms with Gasteiger partial charge < -0.3 is 9.47 Å². The number of nitrogens with zero attached hydrogens (tertiary/aromatic N) is 1. The van der Waals surface area contributed by atoms with E-state index in [0.29, 0.717) is 18.1 Å². The first kappa shape index (κ1) is 16.5. The topological polar surface area (TPSA) is 65.0 Å². The molecule has 1 aliphatic heterocycles. The van der Waals surface area contributed by atoms with Gasteiger partial charge in [0, 0.05) is 30.5 Å². The van der Waals surface area contributed by atoms with Gasteiger partial charge in [-0.1, -0.05) is 12.1 Å². The summed E-state index contributed by atoms with van der Waals surface area (Å²) < 4.78 is 34.4. The van der Waals surface area contributed by atoms with E-state index in [1.165, 1.54) is 6.26 Å². The first-order chi connectivity index (χ1) is 10.4. The van der Waals surface area contributed by atoms with Crippen molar-refractivity contribution in [3.05, 3.63) is 35.5 Å². The van der Waals surface area contributed by atoms with Crippen LogP contribution in [0.3, 0.4) is 0 Å². The monoisotopic (exact) mass is 323 g/mol. The lowest BCUT2D eigenvalue weighted by molar-refractivity contribution is 0.310. The van der Waals surface area contributed by atoms with E-state index in [1.807, 2.05) is 25.1 Å². The molecule has 0 aliphatic carbocycles. The number of allylic oxidation sites excluding steroid dienone is 2. The van der Waals surface area contributed by atoms with E-state index in [2.05, 4.69) is 4.99 Å². The summed E-state index contributed by atoms with van der Waals surface area (Å²) in [4.78, 5) is 4.31. The number of sulfone groups is 1. The molecule has 0 N–H and O–H groups in total. The summed E-state index contributed by atoms with van der Waals surface area (Å²) in [6.07, 6.45) is 5.73.